The van der Waals surface area contributed by atoms with Crippen molar-refractivity contribution in [1.82, 2.24) is 35.2 Å². The number of methoxy groups -OCH3 is 2. The predicted octanol–water partition coefficient (Wildman–Crippen LogP) is 3.50. The summed E-state index contributed by atoms with van der Waals surface area (Å²) in [6.45, 7) is 2.64. The van der Waals surface area contributed by atoms with Crippen LogP contribution >= 0.6 is 0 Å². The van der Waals surface area contributed by atoms with Gasteiger partial charge in [0.05, 0.1) is 45.0 Å². The van der Waals surface area contributed by atoms with Crippen molar-refractivity contribution < 1.29 is 36.9 Å². The lowest BCUT2D eigenvalue weighted by molar-refractivity contribution is -0.162. The molecule has 1 saturated heterocycles. The van der Waals surface area contributed by atoms with Crippen LogP contribution in [0.15, 0.2) is 31.0 Å². The molecule has 2 fully saturated rings. The summed E-state index contributed by atoms with van der Waals surface area (Å²) in [7, 11) is 3.02. The van der Waals surface area contributed by atoms with Gasteiger partial charge in [0, 0.05) is 49.9 Å². The average Bonchev–Trinajstić information content (AvgIpc) is 3.01. The Morgan fingerprint density at radius 1 is 1.02 bits per heavy atom. The van der Waals surface area contributed by atoms with Crippen LogP contribution in [0.25, 0.3) is 11.3 Å². The summed E-state index contributed by atoms with van der Waals surface area (Å²) in [5.74, 6) is -0.147. The zero-order chi connectivity index (χ0) is 32.0. The maximum atomic E-state index is 13.6. The second-order valence-corrected chi connectivity index (χ2v) is 10.9. The van der Waals surface area contributed by atoms with Gasteiger partial charge < -0.3 is 29.6 Å². The normalized spacial score (nSPS) is 19.2. The summed E-state index contributed by atoms with van der Waals surface area (Å²) in [5, 5.41) is 5.99. The summed E-state index contributed by atoms with van der Waals surface area (Å²) >= 11 is 0. The molecule has 2 aliphatic rings. The van der Waals surface area contributed by atoms with Crippen LogP contribution in [0.4, 0.5) is 29.7 Å². The van der Waals surface area contributed by atoms with Gasteiger partial charge in [0.2, 0.25) is 11.8 Å². The number of nitrogens with zero attached hydrogens (tertiary/aromatic N) is 7. The summed E-state index contributed by atoms with van der Waals surface area (Å²) in [6.07, 6.45) is 4.57. The van der Waals surface area contributed by atoms with Crippen molar-refractivity contribution in [3.8, 4) is 23.1 Å². The highest BCUT2D eigenvalue weighted by molar-refractivity contribution is 5.91. The van der Waals surface area contributed by atoms with E-state index in [4.69, 9.17) is 18.9 Å². The van der Waals surface area contributed by atoms with E-state index < -0.39 is 23.2 Å². The van der Waals surface area contributed by atoms with E-state index in [0.29, 0.717) is 55.9 Å². The molecule has 1 aliphatic carbocycles. The number of urea groups is 1. The minimum absolute atomic E-state index is 0.0309. The number of nitrogens with one attached hydrogen (secondary N) is 2. The standard InChI is InChI=1S/C28H34F3N9O5/c1-27(15-44-16-27)45-23-20(28(29,30)31)12-35-24(39-23)38-18-4-6-19(7-5-18)40(26(41)32-8-9-42-2)22-14-33-21(13-34-22)17-10-36-25(43-3)37-11-17/h10-14,18-19H,4-9,15-16H2,1-3H3,(H,32,41)(H,35,38,39)/t18-,19-. The molecule has 4 heterocycles. The SMILES string of the molecule is COCCNC(=O)N(c1cnc(-c2cnc(OC)nc2)cn1)[C@H]1CC[C@H](Nc2ncc(C(F)(F)F)c(OC3(C)COC3)n2)CC1. The Bertz CT molecular complexity index is 1440. The van der Waals surface area contributed by atoms with Crippen molar-refractivity contribution >= 4 is 17.8 Å². The van der Waals surface area contributed by atoms with E-state index in [0.717, 1.165) is 6.20 Å². The van der Waals surface area contributed by atoms with E-state index in [1.807, 2.05) is 0 Å². The van der Waals surface area contributed by atoms with Gasteiger partial charge in [0.15, 0.2) is 11.4 Å². The number of ether oxygens (including phenoxy) is 4. The second-order valence-electron chi connectivity index (χ2n) is 10.9. The Morgan fingerprint density at radius 2 is 1.76 bits per heavy atom. The number of halogens is 3. The molecule has 242 valence electrons. The van der Waals surface area contributed by atoms with Gasteiger partial charge >= 0.3 is 18.2 Å². The van der Waals surface area contributed by atoms with Crippen molar-refractivity contribution in [2.45, 2.75) is 56.5 Å². The van der Waals surface area contributed by atoms with Crippen LogP contribution in [0.2, 0.25) is 0 Å². The monoisotopic (exact) mass is 633 g/mol. The molecule has 17 heteroatoms. The Balaban J connectivity index is 1.27. The molecule has 1 saturated carbocycles. The highest BCUT2D eigenvalue weighted by Gasteiger charge is 2.42. The third-order valence-electron chi connectivity index (χ3n) is 7.40. The van der Waals surface area contributed by atoms with Gasteiger partial charge in [-0.3, -0.25) is 9.88 Å². The second kappa shape index (κ2) is 13.7. The number of carbonyl (C=O) groups excluding carboxylic acids is 1. The van der Waals surface area contributed by atoms with Crippen LogP contribution < -0.4 is 25.0 Å². The van der Waals surface area contributed by atoms with Crippen molar-refractivity contribution in [1.29, 1.82) is 0 Å². The number of amides is 2. The molecule has 0 atom stereocenters. The fourth-order valence-electron chi connectivity index (χ4n) is 5.00. The van der Waals surface area contributed by atoms with Gasteiger partial charge in [0.25, 0.3) is 0 Å². The van der Waals surface area contributed by atoms with Crippen LogP contribution in [0.5, 0.6) is 11.9 Å². The van der Waals surface area contributed by atoms with E-state index in [1.165, 1.54) is 13.3 Å². The fourth-order valence-corrected chi connectivity index (χ4v) is 5.00. The first-order chi connectivity index (χ1) is 21.6. The van der Waals surface area contributed by atoms with Gasteiger partial charge in [-0.1, -0.05) is 0 Å². The van der Waals surface area contributed by atoms with Gasteiger partial charge in [-0.2, -0.15) is 18.2 Å². The third kappa shape index (κ3) is 7.83. The van der Waals surface area contributed by atoms with Gasteiger partial charge in [-0.25, -0.2) is 24.7 Å². The summed E-state index contributed by atoms with van der Waals surface area (Å²) in [6, 6.07) is -0.486. The molecule has 1 aliphatic heterocycles. The number of hydrogen-bond acceptors (Lipinski definition) is 12. The number of carbonyl (C=O) groups is 1. The predicted molar refractivity (Wildman–Crippen MR) is 154 cm³/mol. The minimum atomic E-state index is -4.68. The van der Waals surface area contributed by atoms with E-state index >= 15 is 0 Å². The highest BCUT2D eigenvalue weighted by atomic mass is 19.4. The molecule has 0 spiro atoms. The largest absolute Gasteiger partial charge is 0.467 e. The quantitative estimate of drug-likeness (QED) is 0.297. The van der Waals surface area contributed by atoms with E-state index in [-0.39, 0.29) is 43.3 Å². The molecule has 0 bridgehead atoms. The molecule has 3 aromatic rings. The molecule has 14 nitrogen and oxygen atoms in total. The van der Waals surface area contributed by atoms with Crippen molar-refractivity contribution in [3.63, 3.8) is 0 Å². The molecule has 0 aromatic carbocycles. The topological polar surface area (TPSA) is 159 Å². The first-order valence-electron chi connectivity index (χ1n) is 14.3. The first-order valence-corrected chi connectivity index (χ1v) is 14.3. The zero-order valence-electron chi connectivity index (χ0n) is 25.0. The maximum Gasteiger partial charge on any atom is 0.423 e. The van der Waals surface area contributed by atoms with Crippen LogP contribution in [0.3, 0.4) is 0 Å². The molecule has 0 radical (unpaired) electrons. The van der Waals surface area contributed by atoms with Gasteiger partial charge in [-0.05, 0) is 32.6 Å². The molecular formula is C28H34F3N9O5. The summed E-state index contributed by atoms with van der Waals surface area (Å²) < 4.78 is 61.6. The highest BCUT2D eigenvalue weighted by Crippen LogP contribution is 2.38. The van der Waals surface area contributed by atoms with Crippen LogP contribution in [-0.2, 0) is 15.7 Å². The van der Waals surface area contributed by atoms with Crippen LogP contribution in [-0.4, -0.2) is 94.2 Å². The molecule has 3 aromatic heterocycles. The maximum absolute atomic E-state index is 13.6. The zero-order valence-corrected chi connectivity index (χ0v) is 25.0. The Hall–Kier alpha value is -4.38. The smallest absolute Gasteiger partial charge is 0.423 e. The lowest BCUT2D eigenvalue weighted by atomic mass is 9.90. The fraction of sp³-hybridized carbons (Fsp3) is 0.536. The van der Waals surface area contributed by atoms with Crippen molar-refractivity contribution in [2.24, 2.45) is 0 Å². The molecule has 2 amide bonds. The minimum Gasteiger partial charge on any atom is -0.467 e. The molecular weight excluding hydrogens is 599 g/mol. The van der Waals surface area contributed by atoms with E-state index in [1.54, 1.807) is 37.5 Å². The number of hydrogen-bond donors (Lipinski definition) is 2. The molecule has 2 N–H and O–H groups in total. The Kier molecular flexibility index (Phi) is 9.77. The van der Waals surface area contributed by atoms with Crippen LogP contribution in [0.1, 0.15) is 38.2 Å². The van der Waals surface area contributed by atoms with Crippen LogP contribution in [0, 0.1) is 0 Å². The van der Waals surface area contributed by atoms with Gasteiger partial charge in [-0.15, -0.1) is 0 Å². The third-order valence-corrected chi connectivity index (χ3v) is 7.40. The summed E-state index contributed by atoms with van der Waals surface area (Å²) in [5.41, 5.74) is -0.786. The van der Waals surface area contributed by atoms with E-state index in [9.17, 15) is 18.0 Å². The number of anilines is 2. The van der Waals surface area contributed by atoms with Gasteiger partial charge in [0.1, 0.15) is 5.56 Å². The first kappa shape index (κ1) is 32.0. The average molecular weight is 634 g/mol. The number of alkyl halides is 3. The van der Waals surface area contributed by atoms with Crippen molar-refractivity contribution in [3.05, 3.63) is 36.5 Å². The Labute approximate surface area is 257 Å². The van der Waals surface area contributed by atoms with Crippen molar-refractivity contribution in [2.75, 3.05) is 50.8 Å². The molecule has 0 unspecified atom stereocenters. The van der Waals surface area contributed by atoms with E-state index in [2.05, 4.69) is 40.5 Å². The number of rotatable bonds is 11. The Morgan fingerprint density at radius 3 is 2.33 bits per heavy atom. The lowest BCUT2D eigenvalue weighted by Crippen LogP contribution is -2.52. The molecule has 5 rings (SSSR count). The molecule has 45 heavy (non-hydrogen) atoms. The number of aromatic nitrogens is 6. The lowest BCUT2D eigenvalue weighted by Gasteiger charge is -2.38. The summed E-state index contributed by atoms with van der Waals surface area (Å²) in [4.78, 5) is 40.1.